The first-order valence-corrected chi connectivity index (χ1v) is 34.3. The van der Waals surface area contributed by atoms with E-state index in [9.17, 15) is 19.4 Å². The Hall–Kier alpha value is -0.500. The molecular formula is C64H131N2O6P. The van der Waals surface area contributed by atoms with Crippen molar-refractivity contribution in [2.24, 2.45) is 0 Å². The summed E-state index contributed by atoms with van der Waals surface area (Å²) in [7, 11) is 1.33. The van der Waals surface area contributed by atoms with Gasteiger partial charge in [0.1, 0.15) is 13.2 Å². The van der Waals surface area contributed by atoms with E-state index in [0.717, 1.165) is 38.5 Å². The number of unbranched alkanes of at least 4 members (excludes halogenated alkanes) is 49. The average molecular weight is 1060 g/mol. The topological polar surface area (TPSA) is 108 Å². The van der Waals surface area contributed by atoms with Crippen LogP contribution in [0.4, 0.5) is 0 Å². The van der Waals surface area contributed by atoms with Crippen molar-refractivity contribution in [2.45, 2.75) is 366 Å². The second-order valence-corrected chi connectivity index (χ2v) is 25.6. The molecule has 9 heteroatoms. The predicted molar refractivity (Wildman–Crippen MR) is 316 cm³/mol. The molecule has 3 unspecified atom stereocenters. The highest BCUT2D eigenvalue weighted by atomic mass is 31.2. The maximum absolute atomic E-state index is 13.0. The lowest BCUT2D eigenvalue weighted by Crippen LogP contribution is -2.46. The van der Waals surface area contributed by atoms with Crippen LogP contribution in [-0.2, 0) is 18.4 Å². The highest BCUT2D eigenvalue weighted by molar-refractivity contribution is 7.45. The molecule has 0 rings (SSSR count). The third-order valence-corrected chi connectivity index (χ3v) is 16.6. The standard InChI is InChI=1S/C64H131N2O6P/c1-6-8-10-12-14-16-18-20-22-24-26-28-30-32-34-35-37-39-41-43-45-47-49-51-53-55-57-63(67)62(61-72-73(69,70)71-60-59-66(3,4)5)65-64(68)58-56-54-52-50-48-46-44-42-40-38-36-33-31-29-27-25-23-21-19-17-15-13-11-9-7-2/h62-63,67H,6-61H2,1-5H3,(H-,65,68,69,70). The highest BCUT2D eigenvalue weighted by Gasteiger charge is 2.24. The minimum atomic E-state index is -4.57. The fourth-order valence-corrected chi connectivity index (χ4v) is 11.2. The van der Waals surface area contributed by atoms with Crippen molar-refractivity contribution in [1.82, 2.24) is 5.32 Å². The maximum Gasteiger partial charge on any atom is 0.268 e. The molecule has 8 nitrogen and oxygen atoms in total. The van der Waals surface area contributed by atoms with E-state index in [1.54, 1.807) is 0 Å². The minimum Gasteiger partial charge on any atom is -0.756 e. The lowest BCUT2D eigenvalue weighted by Gasteiger charge is -2.30. The van der Waals surface area contributed by atoms with Gasteiger partial charge in [-0.2, -0.15) is 0 Å². The van der Waals surface area contributed by atoms with Gasteiger partial charge in [-0.05, 0) is 12.8 Å². The molecule has 0 spiro atoms. The summed E-state index contributed by atoms with van der Waals surface area (Å²) >= 11 is 0. The van der Waals surface area contributed by atoms with E-state index in [1.165, 1.54) is 289 Å². The Morgan fingerprint density at radius 3 is 0.932 bits per heavy atom. The number of hydrogen-bond acceptors (Lipinski definition) is 6. The molecule has 0 aromatic heterocycles. The molecule has 0 bridgehead atoms. The van der Waals surface area contributed by atoms with Crippen molar-refractivity contribution < 1.29 is 32.9 Å². The molecular weight excluding hydrogens is 924 g/mol. The van der Waals surface area contributed by atoms with Crippen LogP contribution >= 0.6 is 7.82 Å². The molecule has 0 aliphatic carbocycles. The van der Waals surface area contributed by atoms with E-state index in [4.69, 9.17) is 9.05 Å². The Morgan fingerprint density at radius 1 is 0.425 bits per heavy atom. The Labute approximate surface area is 457 Å². The number of nitrogens with zero attached hydrogens (tertiary/aromatic N) is 1. The highest BCUT2D eigenvalue weighted by Crippen LogP contribution is 2.38. The van der Waals surface area contributed by atoms with Gasteiger partial charge < -0.3 is 28.8 Å². The molecule has 0 aliphatic heterocycles. The molecule has 73 heavy (non-hydrogen) atoms. The fraction of sp³-hybridized carbons (Fsp3) is 0.984. The Balaban J connectivity index is 4.04. The van der Waals surface area contributed by atoms with Crippen molar-refractivity contribution in [2.75, 3.05) is 40.9 Å². The number of aliphatic hydroxyl groups is 1. The Morgan fingerprint density at radius 2 is 0.671 bits per heavy atom. The number of quaternary nitrogens is 1. The zero-order valence-electron chi connectivity index (χ0n) is 50.1. The van der Waals surface area contributed by atoms with Crippen molar-refractivity contribution in [3.63, 3.8) is 0 Å². The Bertz CT molecular complexity index is 1150. The van der Waals surface area contributed by atoms with Gasteiger partial charge in [0, 0.05) is 6.42 Å². The van der Waals surface area contributed by atoms with Crippen LogP contribution in [0.25, 0.3) is 0 Å². The lowest BCUT2D eigenvalue weighted by atomic mass is 10.0. The molecule has 0 saturated carbocycles. The zero-order valence-corrected chi connectivity index (χ0v) is 51.0. The summed E-state index contributed by atoms with van der Waals surface area (Å²) in [5.74, 6) is -0.154. The summed E-state index contributed by atoms with van der Waals surface area (Å²) in [4.78, 5) is 25.6. The van der Waals surface area contributed by atoms with Gasteiger partial charge in [-0.1, -0.05) is 335 Å². The summed E-state index contributed by atoms with van der Waals surface area (Å²) in [5, 5.41) is 14.1. The summed E-state index contributed by atoms with van der Waals surface area (Å²) < 4.78 is 23.5. The number of phosphoric acid groups is 1. The molecule has 0 saturated heterocycles. The van der Waals surface area contributed by atoms with E-state index >= 15 is 0 Å². The quantitative estimate of drug-likeness (QED) is 0.0357. The number of likely N-dealkylation sites (N-methyl/N-ethyl adjacent to an activating group) is 1. The number of carbonyl (C=O) groups is 1. The van der Waals surface area contributed by atoms with Crippen LogP contribution in [0.1, 0.15) is 354 Å². The van der Waals surface area contributed by atoms with Crippen molar-refractivity contribution >= 4 is 13.7 Å². The summed E-state index contributed by atoms with van der Waals surface area (Å²) in [6.07, 6.45) is 68.7. The van der Waals surface area contributed by atoms with Gasteiger partial charge in [0.05, 0.1) is 39.9 Å². The van der Waals surface area contributed by atoms with Crippen molar-refractivity contribution in [3.05, 3.63) is 0 Å². The largest absolute Gasteiger partial charge is 0.756 e. The second-order valence-electron chi connectivity index (χ2n) is 24.2. The second kappa shape index (κ2) is 56.2. The maximum atomic E-state index is 13.0. The zero-order chi connectivity index (χ0) is 53.5. The normalized spacial score (nSPS) is 13.7. The molecule has 0 aromatic carbocycles. The van der Waals surface area contributed by atoms with E-state index in [-0.39, 0.29) is 19.1 Å². The number of amides is 1. The third kappa shape index (κ3) is 59.0. The van der Waals surface area contributed by atoms with Gasteiger partial charge in [-0.3, -0.25) is 9.36 Å². The predicted octanol–water partition coefficient (Wildman–Crippen LogP) is 19.8. The van der Waals surface area contributed by atoms with Crippen LogP contribution in [0.15, 0.2) is 0 Å². The number of carbonyl (C=O) groups excluding carboxylic acids is 1. The first-order chi connectivity index (χ1) is 35.5. The van der Waals surface area contributed by atoms with Crippen LogP contribution in [0.3, 0.4) is 0 Å². The molecule has 0 radical (unpaired) electrons. The van der Waals surface area contributed by atoms with Crippen LogP contribution in [0, 0.1) is 0 Å². The van der Waals surface area contributed by atoms with Crippen LogP contribution in [0.2, 0.25) is 0 Å². The van der Waals surface area contributed by atoms with Gasteiger partial charge in [0.2, 0.25) is 5.91 Å². The van der Waals surface area contributed by atoms with Gasteiger partial charge in [0.15, 0.2) is 0 Å². The molecule has 1 amide bonds. The minimum absolute atomic E-state index is 0.0169. The molecule has 0 aromatic rings. The SMILES string of the molecule is CCCCCCCCCCCCCCCCCCCCCCCCCCCCC(O)C(COP(=O)([O-])OCC[N+](C)(C)C)NC(=O)CCCCCCCCCCCCCCCCCCCCCCCCCCC. The molecule has 2 N–H and O–H groups in total. The third-order valence-electron chi connectivity index (χ3n) is 15.6. The van der Waals surface area contributed by atoms with Crippen molar-refractivity contribution in [3.8, 4) is 0 Å². The van der Waals surface area contributed by atoms with E-state index < -0.39 is 20.0 Å². The number of rotatable bonds is 62. The number of phosphoric ester groups is 1. The van der Waals surface area contributed by atoms with Crippen LogP contribution in [0.5, 0.6) is 0 Å². The molecule has 3 atom stereocenters. The van der Waals surface area contributed by atoms with Crippen molar-refractivity contribution in [1.29, 1.82) is 0 Å². The molecule has 0 fully saturated rings. The average Bonchev–Trinajstić information content (AvgIpc) is 3.35. The molecule has 0 aliphatic rings. The smallest absolute Gasteiger partial charge is 0.268 e. The number of aliphatic hydroxyl groups excluding tert-OH is 1. The Kier molecular flexibility index (Phi) is 55.8. The van der Waals surface area contributed by atoms with Crippen LogP contribution < -0.4 is 10.2 Å². The lowest BCUT2D eigenvalue weighted by molar-refractivity contribution is -0.870. The fourth-order valence-electron chi connectivity index (χ4n) is 10.5. The summed E-state index contributed by atoms with van der Waals surface area (Å²) in [6, 6.07) is -0.796. The first kappa shape index (κ1) is 72.5. The first-order valence-electron chi connectivity index (χ1n) is 32.9. The molecule has 438 valence electrons. The molecule has 0 heterocycles. The van der Waals surface area contributed by atoms with E-state index in [1.807, 2.05) is 21.1 Å². The van der Waals surface area contributed by atoms with E-state index in [0.29, 0.717) is 23.9 Å². The van der Waals surface area contributed by atoms with E-state index in [2.05, 4.69) is 19.2 Å². The monoisotopic (exact) mass is 1050 g/mol. The van der Waals surface area contributed by atoms with Gasteiger partial charge in [-0.15, -0.1) is 0 Å². The van der Waals surface area contributed by atoms with Gasteiger partial charge in [0.25, 0.3) is 7.82 Å². The number of hydrogen-bond donors (Lipinski definition) is 2. The number of nitrogens with one attached hydrogen (secondary N) is 1. The van der Waals surface area contributed by atoms with Crippen LogP contribution in [-0.4, -0.2) is 68.5 Å². The van der Waals surface area contributed by atoms with Gasteiger partial charge >= 0.3 is 0 Å². The summed E-state index contributed by atoms with van der Waals surface area (Å²) in [5.41, 5.74) is 0. The van der Waals surface area contributed by atoms with Gasteiger partial charge in [-0.25, -0.2) is 0 Å². The summed E-state index contributed by atoms with van der Waals surface area (Å²) in [6.45, 7) is 4.80.